The van der Waals surface area contributed by atoms with Gasteiger partial charge in [0.25, 0.3) is 0 Å². The first-order chi connectivity index (χ1) is 5.72. The maximum Gasteiger partial charge on any atom is 0.246 e. The highest BCUT2D eigenvalue weighted by Crippen LogP contribution is 2.37. The molecular weight excluding hydrogens is 220 g/mol. The average Bonchev–Trinajstić information content (AvgIpc) is 2.33. The number of rotatable bonds is 0. The molecule has 0 aromatic carbocycles. The van der Waals surface area contributed by atoms with Gasteiger partial charge in [-0.1, -0.05) is 22.0 Å². The van der Waals surface area contributed by atoms with Crippen LogP contribution < -0.4 is 4.90 Å². The summed E-state index contributed by atoms with van der Waals surface area (Å²) in [6.07, 6.45) is 1.69. The van der Waals surface area contributed by atoms with Crippen LogP contribution in [0.3, 0.4) is 0 Å². The van der Waals surface area contributed by atoms with Crippen LogP contribution in [-0.2, 0) is 4.79 Å². The highest BCUT2D eigenvalue weighted by atomic mass is 79.9. The molecule has 0 bridgehead atoms. The lowest BCUT2D eigenvalue weighted by Gasteiger charge is -2.06. The van der Waals surface area contributed by atoms with Crippen LogP contribution in [0.25, 0.3) is 0 Å². The number of halogens is 1. The molecule has 0 spiro atoms. The van der Waals surface area contributed by atoms with Crippen LogP contribution in [0.4, 0.5) is 5.82 Å². The Bertz CT molecular complexity index is 309. The summed E-state index contributed by atoms with van der Waals surface area (Å²) in [7, 11) is 1.73. The van der Waals surface area contributed by atoms with Gasteiger partial charge in [0.2, 0.25) is 5.91 Å². The van der Waals surface area contributed by atoms with E-state index in [1.54, 1.807) is 18.1 Å². The Morgan fingerprint density at radius 1 is 1.67 bits per heavy atom. The van der Waals surface area contributed by atoms with Crippen molar-refractivity contribution < 1.29 is 4.79 Å². The number of pyridine rings is 1. The molecule has 0 aliphatic carbocycles. The van der Waals surface area contributed by atoms with Crippen molar-refractivity contribution >= 4 is 27.7 Å². The molecular formula is C8H7BrN2O. The summed E-state index contributed by atoms with van der Waals surface area (Å²) >= 11 is 3.31. The lowest BCUT2D eigenvalue weighted by Crippen LogP contribution is -2.22. The van der Waals surface area contributed by atoms with Gasteiger partial charge in [0, 0.05) is 18.8 Å². The van der Waals surface area contributed by atoms with E-state index in [9.17, 15) is 4.79 Å². The minimum Gasteiger partial charge on any atom is -0.298 e. The van der Waals surface area contributed by atoms with Crippen molar-refractivity contribution in [2.24, 2.45) is 0 Å². The number of alkyl halides is 1. The van der Waals surface area contributed by atoms with Crippen LogP contribution in [0.1, 0.15) is 10.4 Å². The summed E-state index contributed by atoms with van der Waals surface area (Å²) in [5.74, 6) is 0.799. The highest BCUT2D eigenvalue weighted by Gasteiger charge is 2.33. The molecule has 1 aliphatic rings. The fourth-order valence-electron chi connectivity index (χ4n) is 1.29. The summed E-state index contributed by atoms with van der Waals surface area (Å²) < 4.78 is 0. The van der Waals surface area contributed by atoms with Gasteiger partial charge in [-0.3, -0.25) is 9.69 Å². The molecule has 2 heterocycles. The Morgan fingerprint density at radius 2 is 2.42 bits per heavy atom. The van der Waals surface area contributed by atoms with Crippen LogP contribution in [-0.4, -0.2) is 17.9 Å². The molecule has 2 rings (SSSR count). The number of carbonyl (C=O) groups excluding carboxylic acids is 1. The predicted molar refractivity (Wildman–Crippen MR) is 49.3 cm³/mol. The monoisotopic (exact) mass is 226 g/mol. The van der Waals surface area contributed by atoms with E-state index in [4.69, 9.17) is 0 Å². The number of likely N-dealkylation sites (N-methyl/N-ethyl adjacent to an activating group) is 1. The van der Waals surface area contributed by atoms with Gasteiger partial charge >= 0.3 is 0 Å². The third-order valence-electron chi connectivity index (χ3n) is 1.96. The van der Waals surface area contributed by atoms with Gasteiger partial charge in [0.15, 0.2) is 0 Å². The molecule has 0 saturated heterocycles. The van der Waals surface area contributed by atoms with Gasteiger partial charge in [-0.2, -0.15) is 0 Å². The largest absolute Gasteiger partial charge is 0.298 e. The van der Waals surface area contributed by atoms with E-state index in [0.29, 0.717) is 0 Å². The van der Waals surface area contributed by atoms with Crippen molar-refractivity contribution in [3.8, 4) is 0 Å². The van der Waals surface area contributed by atoms with E-state index in [0.717, 1.165) is 11.4 Å². The number of aromatic nitrogens is 1. The lowest BCUT2D eigenvalue weighted by molar-refractivity contribution is -0.117. The molecule has 3 nitrogen and oxygen atoms in total. The zero-order chi connectivity index (χ0) is 8.72. The Balaban J connectivity index is 2.59. The van der Waals surface area contributed by atoms with E-state index < -0.39 is 0 Å². The molecule has 0 radical (unpaired) electrons. The van der Waals surface area contributed by atoms with Crippen LogP contribution >= 0.6 is 15.9 Å². The van der Waals surface area contributed by atoms with Crippen LogP contribution in [0.5, 0.6) is 0 Å². The van der Waals surface area contributed by atoms with E-state index >= 15 is 0 Å². The lowest BCUT2D eigenvalue weighted by atomic mass is 10.2. The second-order valence-electron chi connectivity index (χ2n) is 2.68. The van der Waals surface area contributed by atoms with Crippen molar-refractivity contribution in [1.29, 1.82) is 0 Å². The quantitative estimate of drug-likeness (QED) is 0.629. The first kappa shape index (κ1) is 7.73. The summed E-state index contributed by atoms with van der Waals surface area (Å²) in [5, 5.41) is 0. The van der Waals surface area contributed by atoms with Crippen LogP contribution in [0, 0.1) is 0 Å². The van der Waals surface area contributed by atoms with Crippen LogP contribution in [0.2, 0.25) is 0 Å². The van der Waals surface area contributed by atoms with Gasteiger partial charge in [0.05, 0.1) is 0 Å². The molecule has 0 saturated carbocycles. The molecule has 62 valence electrons. The minimum absolute atomic E-state index is 0.0451. The summed E-state index contributed by atoms with van der Waals surface area (Å²) in [6, 6.07) is 3.74. The number of fused-ring (bicyclic) bond motifs is 1. The third kappa shape index (κ3) is 0.876. The van der Waals surface area contributed by atoms with Crippen molar-refractivity contribution in [2.75, 3.05) is 11.9 Å². The normalized spacial score (nSPS) is 21.3. The fraction of sp³-hybridized carbons (Fsp3) is 0.250. The molecule has 12 heavy (non-hydrogen) atoms. The van der Waals surface area contributed by atoms with E-state index in [1.807, 2.05) is 12.1 Å². The number of nitrogens with zero attached hydrogens (tertiary/aromatic N) is 2. The SMILES string of the molecule is CN1C(=O)C(Br)c2cccnc21. The number of carbonyl (C=O) groups is 1. The summed E-state index contributed by atoms with van der Waals surface area (Å²) in [4.78, 5) is 16.9. The summed E-state index contributed by atoms with van der Waals surface area (Å²) in [6.45, 7) is 0. The zero-order valence-corrected chi connectivity index (χ0v) is 8.08. The van der Waals surface area contributed by atoms with Gasteiger partial charge in [0.1, 0.15) is 10.6 Å². The topological polar surface area (TPSA) is 33.2 Å². The molecule has 1 amide bonds. The molecule has 1 aliphatic heterocycles. The Labute approximate surface area is 78.5 Å². The number of amides is 1. The minimum atomic E-state index is -0.216. The average molecular weight is 227 g/mol. The van der Waals surface area contributed by atoms with Gasteiger partial charge in [-0.05, 0) is 6.07 Å². The summed E-state index contributed by atoms with van der Waals surface area (Å²) in [5.41, 5.74) is 0.949. The van der Waals surface area contributed by atoms with Crippen molar-refractivity contribution in [3.05, 3.63) is 23.9 Å². The van der Waals surface area contributed by atoms with E-state index in [-0.39, 0.29) is 10.7 Å². The number of anilines is 1. The Morgan fingerprint density at radius 3 is 3.08 bits per heavy atom. The molecule has 1 aromatic rings. The fourth-order valence-corrected chi connectivity index (χ4v) is 1.96. The van der Waals surface area contributed by atoms with Crippen molar-refractivity contribution in [2.45, 2.75) is 4.83 Å². The van der Waals surface area contributed by atoms with Crippen molar-refractivity contribution in [3.63, 3.8) is 0 Å². The first-order valence-corrected chi connectivity index (χ1v) is 4.50. The molecule has 4 heteroatoms. The highest BCUT2D eigenvalue weighted by molar-refractivity contribution is 9.09. The van der Waals surface area contributed by atoms with Crippen molar-refractivity contribution in [1.82, 2.24) is 4.98 Å². The van der Waals surface area contributed by atoms with Gasteiger partial charge in [-0.25, -0.2) is 4.98 Å². The van der Waals surface area contributed by atoms with Gasteiger partial charge < -0.3 is 0 Å². The predicted octanol–water partition coefficient (Wildman–Crippen LogP) is 1.49. The third-order valence-corrected chi connectivity index (χ3v) is 2.84. The second kappa shape index (κ2) is 2.55. The number of hydrogen-bond acceptors (Lipinski definition) is 2. The smallest absolute Gasteiger partial charge is 0.246 e. The van der Waals surface area contributed by atoms with Crippen LogP contribution in [0.15, 0.2) is 18.3 Å². The molecule has 1 aromatic heterocycles. The molecule has 1 atom stereocenters. The van der Waals surface area contributed by atoms with E-state index in [2.05, 4.69) is 20.9 Å². The second-order valence-corrected chi connectivity index (χ2v) is 3.59. The Kier molecular flexibility index (Phi) is 1.65. The zero-order valence-electron chi connectivity index (χ0n) is 6.49. The molecule has 1 unspecified atom stereocenters. The number of hydrogen-bond donors (Lipinski definition) is 0. The Hall–Kier alpha value is -0.900. The standard InChI is InChI=1S/C8H7BrN2O/c1-11-7-5(3-2-4-10-7)6(9)8(11)12/h2-4,6H,1H3. The first-order valence-electron chi connectivity index (χ1n) is 3.58. The molecule has 0 N–H and O–H groups in total. The maximum atomic E-state index is 11.4. The molecule has 0 fully saturated rings. The maximum absolute atomic E-state index is 11.4. The van der Waals surface area contributed by atoms with Gasteiger partial charge in [-0.15, -0.1) is 0 Å². The van der Waals surface area contributed by atoms with E-state index in [1.165, 1.54) is 0 Å².